The molecule has 5 atom stereocenters. The lowest BCUT2D eigenvalue weighted by atomic mass is 9.99. The maximum atomic E-state index is 12.8. The predicted octanol–water partition coefficient (Wildman–Crippen LogP) is -0.982. The SMILES string of the molecule is CCC(C)C(NC(=O)C(C)NC(=O)C(CCCN=C(N)N)NC(=O)C(N)CC(C)C)C(=O)O. The summed E-state index contributed by atoms with van der Waals surface area (Å²) in [5.41, 5.74) is 16.5. The minimum absolute atomic E-state index is 0.0846. The molecule has 12 heteroatoms. The topological polar surface area (TPSA) is 215 Å². The fourth-order valence-corrected chi connectivity index (χ4v) is 3.01. The standard InChI is InChI=1S/C21H41N7O5/c1-6-12(4)16(20(32)33)28-17(29)13(5)26-19(31)15(8-7-9-25-21(23)24)27-18(30)14(22)10-11(2)3/h11-16H,6-10,22H2,1-5H3,(H,26,31)(H,27,30)(H,28,29)(H,32,33)(H4,23,24,25). The van der Waals surface area contributed by atoms with Crippen LogP contribution in [0.1, 0.15) is 60.3 Å². The van der Waals surface area contributed by atoms with E-state index in [0.29, 0.717) is 19.3 Å². The predicted molar refractivity (Wildman–Crippen MR) is 126 cm³/mol. The molecule has 0 aliphatic heterocycles. The van der Waals surface area contributed by atoms with E-state index >= 15 is 0 Å². The Morgan fingerprint density at radius 3 is 2.03 bits per heavy atom. The lowest BCUT2D eigenvalue weighted by Crippen LogP contribution is -2.57. The number of nitrogens with two attached hydrogens (primary N) is 3. The quantitative estimate of drug-likeness (QED) is 0.0892. The molecule has 0 radical (unpaired) electrons. The monoisotopic (exact) mass is 471 g/mol. The zero-order valence-electron chi connectivity index (χ0n) is 20.3. The molecule has 33 heavy (non-hydrogen) atoms. The number of aliphatic imine (C=N–C) groups is 1. The first-order chi connectivity index (χ1) is 15.3. The van der Waals surface area contributed by atoms with E-state index < -0.39 is 47.9 Å². The first-order valence-electron chi connectivity index (χ1n) is 11.2. The van der Waals surface area contributed by atoms with Crippen molar-refractivity contribution in [3.05, 3.63) is 0 Å². The molecule has 0 fully saturated rings. The third kappa shape index (κ3) is 12.1. The fourth-order valence-electron chi connectivity index (χ4n) is 3.01. The van der Waals surface area contributed by atoms with E-state index in [1.54, 1.807) is 6.92 Å². The summed E-state index contributed by atoms with van der Waals surface area (Å²) in [6.45, 7) is 9.08. The van der Waals surface area contributed by atoms with Crippen molar-refractivity contribution in [2.45, 2.75) is 84.5 Å². The van der Waals surface area contributed by atoms with Crippen LogP contribution in [0, 0.1) is 11.8 Å². The molecule has 0 heterocycles. The second-order valence-corrected chi connectivity index (χ2v) is 8.69. The Hall–Kier alpha value is -2.89. The van der Waals surface area contributed by atoms with Gasteiger partial charge < -0.3 is 38.3 Å². The van der Waals surface area contributed by atoms with E-state index in [9.17, 15) is 24.3 Å². The van der Waals surface area contributed by atoms with Crippen LogP contribution in [0.3, 0.4) is 0 Å². The first-order valence-corrected chi connectivity index (χ1v) is 11.2. The van der Waals surface area contributed by atoms with Gasteiger partial charge in [-0.15, -0.1) is 0 Å². The molecule has 0 bridgehead atoms. The molecule has 3 amide bonds. The summed E-state index contributed by atoms with van der Waals surface area (Å²) in [6, 6.07) is -3.86. The van der Waals surface area contributed by atoms with Crippen LogP contribution in [0.2, 0.25) is 0 Å². The second-order valence-electron chi connectivity index (χ2n) is 8.69. The molecular formula is C21H41N7O5. The molecule has 10 N–H and O–H groups in total. The van der Waals surface area contributed by atoms with Crippen LogP contribution in [-0.4, -0.2) is 65.5 Å². The molecule has 0 saturated carbocycles. The summed E-state index contributed by atoms with van der Waals surface area (Å²) < 4.78 is 0. The van der Waals surface area contributed by atoms with Crippen molar-refractivity contribution in [2.24, 2.45) is 34.0 Å². The Morgan fingerprint density at radius 1 is 0.939 bits per heavy atom. The van der Waals surface area contributed by atoms with Gasteiger partial charge in [-0.3, -0.25) is 19.4 Å². The van der Waals surface area contributed by atoms with Crippen LogP contribution in [0.4, 0.5) is 0 Å². The minimum Gasteiger partial charge on any atom is -0.480 e. The molecule has 5 unspecified atom stereocenters. The number of amides is 3. The maximum Gasteiger partial charge on any atom is 0.326 e. The summed E-state index contributed by atoms with van der Waals surface area (Å²) in [5.74, 6) is -3.05. The molecule has 0 aromatic heterocycles. The normalized spacial score (nSPS) is 15.5. The largest absolute Gasteiger partial charge is 0.480 e. The molecule has 0 aliphatic carbocycles. The second kappa shape index (κ2) is 15.0. The van der Waals surface area contributed by atoms with Crippen molar-refractivity contribution in [1.82, 2.24) is 16.0 Å². The Balaban J connectivity index is 5.23. The Labute approximate surface area is 195 Å². The highest BCUT2D eigenvalue weighted by Gasteiger charge is 2.30. The number of rotatable bonds is 15. The van der Waals surface area contributed by atoms with Gasteiger partial charge in [-0.05, 0) is 38.0 Å². The van der Waals surface area contributed by atoms with Crippen LogP contribution in [0.25, 0.3) is 0 Å². The molecule has 0 saturated heterocycles. The Morgan fingerprint density at radius 2 is 1.55 bits per heavy atom. The van der Waals surface area contributed by atoms with Gasteiger partial charge in [0, 0.05) is 6.54 Å². The average molecular weight is 472 g/mol. The molecule has 190 valence electrons. The van der Waals surface area contributed by atoms with Crippen LogP contribution in [0.15, 0.2) is 4.99 Å². The van der Waals surface area contributed by atoms with Crippen molar-refractivity contribution in [3.8, 4) is 0 Å². The van der Waals surface area contributed by atoms with Crippen molar-refractivity contribution >= 4 is 29.7 Å². The molecule has 0 aromatic carbocycles. The Bertz CT molecular complexity index is 694. The fraction of sp³-hybridized carbons (Fsp3) is 0.762. The van der Waals surface area contributed by atoms with Gasteiger partial charge in [-0.2, -0.15) is 0 Å². The van der Waals surface area contributed by atoms with E-state index in [2.05, 4.69) is 20.9 Å². The Kier molecular flexibility index (Phi) is 13.7. The van der Waals surface area contributed by atoms with Crippen molar-refractivity contribution in [3.63, 3.8) is 0 Å². The van der Waals surface area contributed by atoms with Crippen molar-refractivity contribution in [1.29, 1.82) is 0 Å². The number of hydrogen-bond donors (Lipinski definition) is 7. The van der Waals surface area contributed by atoms with Gasteiger partial charge in [0.25, 0.3) is 0 Å². The maximum absolute atomic E-state index is 12.8. The summed E-state index contributed by atoms with van der Waals surface area (Å²) in [4.78, 5) is 53.1. The third-order valence-electron chi connectivity index (χ3n) is 5.17. The smallest absolute Gasteiger partial charge is 0.326 e. The zero-order chi connectivity index (χ0) is 25.7. The van der Waals surface area contributed by atoms with Crippen LogP contribution >= 0.6 is 0 Å². The van der Waals surface area contributed by atoms with Crippen molar-refractivity contribution < 1.29 is 24.3 Å². The van der Waals surface area contributed by atoms with E-state index in [1.807, 2.05) is 20.8 Å². The molecule has 12 nitrogen and oxygen atoms in total. The van der Waals surface area contributed by atoms with Crippen LogP contribution in [0.5, 0.6) is 0 Å². The van der Waals surface area contributed by atoms with E-state index in [4.69, 9.17) is 17.2 Å². The number of nitrogens with one attached hydrogen (secondary N) is 3. The zero-order valence-corrected chi connectivity index (χ0v) is 20.3. The van der Waals surface area contributed by atoms with E-state index in [1.165, 1.54) is 6.92 Å². The highest BCUT2D eigenvalue weighted by molar-refractivity contribution is 5.93. The number of nitrogens with zero attached hydrogens (tertiary/aromatic N) is 1. The molecular weight excluding hydrogens is 430 g/mol. The number of hydrogen-bond acceptors (Lipinski definition) is 6. The molecule has 0 spiro atoms. The first kappa shape index (κ1) is 30.1. The highest BCUT2D eigenvalue weighted by atomic mass is 16.4. The number of carbonyl (C=O) groups is 4. The lowest BCUT2D eigenvalue weighted by Gasteiger charge is -2.25. The highest BCUT2D eigenvalue weighted by Crippen LogP contribution is 2.09. The summed E-state index contributed by atoms with van der Waals surface area (Å²) >= 11 is 0. The van der Waals surface area contributed by atoms with Crippen molar-refractivity contribution in [2.75, 3.05) is 6.54 Å². The van der Waals surface area contributed by atoms with E-state index in [-0.39, 0.29) is 30.8 Å². The van der Waals surface area contributed by atoms with Gasteiger partial charge in [-0.1, -0.05) is 34.1 Å². The van der Waals surface area contributed by atoms with Crippen LogP contribution < -0.4 is 33.2 Å². The third-order valence-corrected chi connectivity index (χ3v) is 5.17. The minimum atomic E-state index is -1.15. The number of aliphatic carboxylic acids is 1. The number of carboxylic acid groups (broad SMARTS) is 1. The summed E-state index contributed by atoms with van der Waals surface area (Å²) in [7, 11) is 0. The van der Waals surface area contributed by atoms with Gasteiger partial charge >= 0.3 is 5.97 Å². The summed E-state index contributed by atoms with van der Waals surface area (Å²) in [5, 5.41) is 17.0. The average Bonchev–Trinajstić information content (AvgIpc) is 2.71. The van der Waals surface area contributed by atoms with Gasteiger partial charge in [0.2, 0.25) is 17.7 Å². The van der Waals surface area contributed by atoms with Gasteiger partial charge in [0.1, 0.15) is 18.1 Å². The molecule has 0 rings (SSSR count). The molecule has 0 aromatic rings. The van der Waals surface area contributed by atoms with Crippen LogP contribution in [-0.2, 0) is 19.2 Å². The summed E-state index contributed by atoms with van der Waals surface area (Å²) in [6.07, 6.45) is 1.60. The van der Waals surface area contributed by atoms with Gasteiger partial charge in [-0.25, -0.2) is 4.79 Å². The van der Waals surface area contributed by atoms with Gasteiger partial charge in [0.05, 0.1) is 6.04 Å². The molecule has 0 aliphatic rings. The van der Waals surface area contributed by atoms with E-state index in [0.717, 1.165) is 0 Å². The number of carbonyl (C=O) groups excluding carboxylic acids is 3. The van der Waals surface area contributed by atoms with Gasteiger partial charge in [0.15, 0.2) is 5.96 Å². The lowest BCUT2D eigenvalue weighted by molar-refractivity contribution is -0.143. The number of carboxylic acids is 1. The number of guanidine groups is 1.